The summed E-state index contributed by atoms with van der Waals surface area (Å²) in [6, 6.07) is 9.96. The topological polar surface area (TPSA) is 90.4 Å². The lowest BCUT2D eigenvalue weighted by Gasteiger charge is -2.11. The molecule has 0 saturated carbocycles. The van der Waals surface area contributed by atoms with E-state index in [1.807, 2.05) is 6.92 Å². The number of nitrogens with zero attached hydrogens (tertiary/aromatic N) is 1. The van der Waals surface area contributed by atoms with Crippen molar-refractivity contribution in [2.45, 2.75) is 13.5 Å². The average molecular weight is 308 g/mol. The van der Waals surface area contributed by atoms with Gasteiger partial charge in [0.25, 0.3) is 5.69 Å². The lowest BCUT2D eigenvalue weighted by atomic mass is 10.1. The molecular weight excluding hydrogens is 294 g/mol. The molecular formula is C14H14ClN3O3. The summed E-state index contributed by atoms with van der Waals surface area (Å²) in [7, 11) is 0. The molecule has 0 aliphatic rings. The van der Waals surface area contributed by atoms with Crippen LogP contribution in [0.25, 0.3) is 0 Å². The lowest BCUT2D eigenvalue weighted by molar-refractivity contribution is -0.384. The standard InChI is InChI=1S/C14H14ClN3O3/c1-9-7-11(5-6-12(9)15)21-8-10-3-2-4-13(18(19)20)14(10)17-16/h2-7,17H,8,16H2,1H3. The minimum Gasteiger partial charge on any atom is -0.489 e. The molecule has 2 rings (SSSR count). The van der Waals surface area contributed by atoms with E-state index in [9.17, 15) is 10.1 Å². The predicted octanol–water partition coefficient (Wildman–Crippen LogP) is 3.42. The quantitative estimate of drug-likeness (QED) is 0.502. The van der Waals surface area contributed by atoms with Gasteiger partial charge in [0.15, 0.2) is 0 Å². The zero-order valence-electron chi connectivity index (χ0n) is 11.3. The number of nitrogen functional groups attached to an aromatic ring is 1. The van der Waals surface area contributed by atoms with Gasteiger partial charge in [-0.15, -0.1) is 0 Å². The third-order valence-corrected chi connectivity index (χ3v) is 3.42. The van der Waals surface area contributed by atoms with Crippen molar-refractivity contribution in [3.63, 3.8) is 0 Å². The Hall–Kier alpha value is -2.31. The molecule has 110 valence electrons. The maximum atomic E-state index is 10.9. The highest BCUT2D eigenvalue weighted by molar-refractivity contribution is 6.31. The van der Waals surface area contributed by atoms with Crippen LogP contribution in [0.15, 0.2) is 36.4 Å². The average Bonchev–Trinajstić information content (AvgIpc) is 2.47. The fraction of sp³-hybridized carbons (Fsp3) is 0.143. The van der Waals surface area contributed by atoms with Crippen LogP contribution in [0.2, 0.25) is 5.02 Å². The number of nitro groups is 1. The highest BCUT2D eigenvalue weighted by Crippen LogP contribution is 2.29. The molecule has 0 radical (unpaired) electrons. The van der Waals surface area contributed by atoms with Crippen molar-refractivity contribution in [1.82, 2.24) is 0 Å². The van der Waals surface area contributed by atoms with Gasteiger partial charge in [-0.1, -0.05) is 23.7 Å². The van der Waals surface area contributed by atoms with E-state index >= 15 is 0 Å². The van der Waals surface area contributed by atoms with Gasteiger partial charge in [-0.2, -0.15) is 0 Å². The molecule has 0 amide bonds. The Morgan fingerprint density at radius 2 is 2.14 bits per heavy atom. The molecule has 0 bridgehead atoms. The number of hydrogen-bond acceptors (Lipinski definition) is 5. The van der Waals surface area contributed by atoms with Crippen LogP contribution in [-0.4, -0.2) is 4.92 Å². The Bertz CT molecular complexity index is 677. The van der Waals surface area contributed by atoms with Crippen LogP contribution in [0.4, 0.5) is 11.4 Å². The first-order valence-electron chi connectivity index (χ1n) is 6.14. The number of para-hydroxylation sites is 1. The number of halogens is 1. The van der Waals surface area contributed by atoms with Crippen LogP contribution >= 0.6 is 11.6 Å². The van der Waals surface area contributed by atoms with E-state index in [1.54, 1.807) is 30.3 Å². The third-order valence-electron chi connectivity index (χ3n) is 2.99. The normalized spacial score (nSPS) is 10.2. The van der Waals surface area contributed by atoms with Gasteiger partial charge in [0, 0.05) is 16.7 Å². The summed E-state index contributed by atoms with van der Waals surface area (Å²) in [5, 5.41) is 11.6. The zero-order chi connectivity index (χ0) is 15.4. The first-order valence-corrected chi connectivity index (χ1v) is 6.52. The largest absolute Gasteiger partial charge is 0.489 e. The molecule has 0 atom stereocenters. The van der Waals surface area contributed by atoms with Crippen molar-refractivity contribution in [1.29, 1.82) is 0 Å². The van der Waals surface area contributed by atoms with Crippen molar-refractivity contribution in [2.75, 3.05) is 5.43 Å². The van der Waals surface area contributed by atoms with E-state index in [0.29, 0.717) is 16.3 Å². The second kappa shape index (κ2) is 6.43. The van der Waals surface area contributed by atoms with E-state index in [0.717, 1.165) is 5.56 Å². The van der Waals surface area contributed by atoms with E-state index in [1.165, 1.54) is 6.07 Å². The Morgan fingerprint density at radius 3 is 2.76 bits per heavy atom. The number of hydrogen-bond donors (Lipinski definition) is 2. The van der Waals surface area contributed by atoms with Gasteiger partial charge in [0.05, 0.1) is 4.92 Å². The van der Waals surface area contributed by atoms with Gasteiger partial charge in [0.1, 0.15) is 18.0 Å². The second-order valence-electron chi connectivity index (χ2n) is 4.41. The highest BCUT2D eigenvalue weighted by Gasteiger charge is 2.16. The van der Waals surface area contributed by atoms with Gasteiger partial charge in [-0.25, -0.2) is 0 Å². The molecule has 2 aromatic rings. The van der Waals surface area contributed by atoms with Gasteiger partial charge in [0.2, 0.25) is 0 Å². The Kier molecular flexibility index (Phi) is 4.62. The maximum Gasteiger partial charge on any atom is 0.294 e. The van der Waals surface area contributed by atoms with Gasteiger partial charge >= 0.3 is 0 Å². The first kappa shape index (κ1) is 15.1. The van der Waals surface area contributed by atoms with Crippen LogP contribution < -0.4 is 16.0 Å². The Morgan fingerprint density at radius 1 is 1.38 bits per heavy atom. The first-order chi connectivity index (χ1) is 10.0. The molecule has 7 heteroatoms. The molecule has 0 aromatic heterocycles. The number of anilines is 1. The van der Waals surface area contributed by atoms with E-state index in [4.69, 9.17) is 22.2 Å². The molecule has 3 N–H and O–H groups in total. The lowest BCUT2D eigenvalue weighted by Crippen LogP contribution is -2.12. The van der Waals surface area contributed by atoms with Crippen molar-refractivity contribution < 1.29 is 9.66 Å². The molecule has 0 aliphatic carbocycles. The van der Waals surface area contributed by atoms with Crippen LogP contribution in [0.5, 0.6) is 5.75 Å². The van der Waals surface area contributed by atoms with E-state index in [-0.39, 0.29) is 18.0 Å². The van der Waals surface area contributed by atoms with Crippen LogP contribution in [0, 0.1) is 17.0 Å². The fourth-order valence-electron chi connectivity index (χ4n) is 1.89. The van der Waals surface area contributed by atoms with Crippen molar-refractivity contribution in [2.24, 2.45) is 5.84 Å². The Balaban J connectivity index is 2.21. The molecule has 0 saturated heterocycles. The molecule has 0 unspecified atom stereocenters. The minimum atomic E-state index is -0.495. The smallest absolute Gasteiger partial charge is 0.294 e. The van der Waals surface area contributed by atoms with Gasteiger partial charge < -0.3 is 10.2 Å². The number of ether oxygens (including phenoxy) is 1. The zero-order valence-corrected chi connectivity index (χ0v) is 12.1. The number of hydrazine groups is 1. The summed E-state index contributed by atoms with van der Waals surface area (Å²) in [6.07, 6.45) is 0. The number of nitro benzene ring substituents is 1. The van der Waals surface area contributed by atoms with Crippen LogP contribution in [0.1, 0.15) is 11.1 Å². The minimum absolute atomic E-state index is 0.0918. The van der Waals surface area contributed by atoms with E-state index < -0.39 is 4.92 Å². The number of benzene rings is 2. The second-order valence-corrected chi connectivity index (χ2v) is 4.82. The molecule has 0 spiro atoms. The van der Waals surface area contributed by atoms with Crippen LogP contribution in [0.3, 0.4) is 0 Å². The molecule has 0 heterocycles. The predicted molar refractivity (Wildman–Crippen MR) is 81.4 cm³/mol. The molecule has 0 aliphatic heterocycles. The molecule has 2 aromatic carbocycles. The summed E-state index contributed by atoms with van der Waals surface area (Å²) in [5.41, 5.74) is 4.00. The number of rotatable bonds is 5. The molecule has 6 nitrogen and oxygen atoms in total. The third kappa shape index (κ3) is 3.42. The number of nitrogens with two attached hydrogens (primary N) is 1. The Labute approximate surface area is 126 Å². The number of aryl methyl sites for hydroxylation is 1. The summed E-state index contributed by atoms with van der Waals surface area (Å²) in [5.74, 6) is 6.01. The summed E-state index contributed by atoms with van der Waals surface area (Å²) >= 11 is 5.94. The fourth-order valence-corrected chi connectivity index (χ4v) is 2.01. The number of nitrogens with one attached hydrogen (secondary N) is 1. The van der Waals surface area contributed by atoms with Crippen molar-refractivity contribution >= 4 is 23.0 Å². The van der Waals surface area contributed by atoms with Gasteiger partial charge in [-0.3, -0.25) is 16.0 Å². The molecule has 0 fully saturated rings. The summed E-state index contributed by atoms with van der Waals surface area (Å²) in [6.45, 7) is 2.03. The SMILES string of the molecule is Cc1cc(OCc2cccc([N+](=O)[O-])c2NN)ccc1Cl. The van der Waals surface area contributed by atoms with Gasteiger partial charge in [-0.05, 0) is 30.7 Å². The van der Waals surface area contributed by atoms with Crippen LogP contribution in [-0.2, 0) is 6.61 Å². The maximum absolute atomic E-state index is 10.9. The summed E-state index contributed by atoms with van der Waals surface area (Å²) in [4.78, 5) is 10.4. The monoisotopic (exact) mass is 307 g/mol. The summed E-state index contributed by atoms with van der Waals surface area (Å²) < 4.78 is 5.63. The van der Waals surface area contributed by atoms with Crippen molar-refractivity contribution in [3.05, 3.63) is 62.7 Å². The molecule has 21 heavy (non-hydrogen) atoms. The van der Waals surface area contributed by atoms with Crippen molar-refractivity contribution in [3.8, 4) is 5.75 Å². The van der Waals surface area contributed by atoms with E-state index in [2.05, 4.69) is 5.43 Å². The highest BCUT2D eigenvalue weighted by atomic mass is 35.5.